The third kappa shape index (κ3) is 2.02. The molecule has 0 aliphatic rings. The van der Waals surface area contributed by atoms with E-state index in [1.165, 1.54) is 14.1 Å². The van der Waals surface area contributed by atoms with Gasteiger partial charge in [0.1, 0.15) is 5.56 Å². The van der Waals surface area contributed by atoms with Crippen LogP contribution in [0.2, 0.25) is 0 Å². The van der Waals surface area contributed by atoms with E-state index in [0.717, 1.165) is 9.13 Å². The van der Waals surface area contributed by atoms with Gasteiger partial charge in [-0.3, -0.25) is 13.9 Å². The van der Waals surface area contributed by atoms with Crippen molar-refractivity contribution < 1.29 is 5.11 Å². The van der Waals surface area contributed by atoms with Gasteiger partial charge in [-0.05, 0) is 12.3 Å². The van der Waals surface area contributed by atoms with Gasteiger partial charge in [-0.25, -0.2) is 4.79 Å². The fourth-order valence-electron chi connectivity index (χ4n) is 1.52. The van der Waals surface area contributed by atoms with E-state index in [4.69, 9.17) is 5.41 Å². The molecule has 0 saturated carbocycles. The van der Waals surface area contributed by atoms with Crippen LogP contribution in [0.5, 0.6) is 5.88 Å². The van der Waals surface area contributed by atoms with Crippen LogP contribution in [0.3, 0.4) is 0 Å². The quantitative estimate of drug-likeness (QED) is 0.739. The molecule has 0 aliphatic heterocycles. The maximum absolute atomic E-state index is 11.9. The maximum Gasteiger partial charge on any atom is 0.333 e. The Morgan fingerprint density at radius 2 is 1.88 bits per heavy atom. The molecule has 17 heavy (non-hydrogen) atoms. The first-order valence-electron chi connectivity index (χ1n) is 5.40. The van der Waals surface area contributed by atoms with Gasteiger partial charge in [-0.2, -0.15) is 0 Å². The minimum absolute atomic E-state index is 0.0567. The van der Waals surface area contributed by atoms with E-state index in [-0.39, 0.29) is 17.2 Å². The van der Waals surface area contributed by atoms with Crippen LogP contribution in [-0.4, -0.2) is 20.0 Å². The normalized spacial score (nSPS) is 12.5. The second-order valence-electron chi connectivity index (χ2n) is 4.13. The zero-order valence-electron chi connectivity index (χ0n) is 10.4. The number of nitrogens with one attached hydrogen (secondary N) is 1. The second-order valence-corrected chi connectivity index (χ2v) is 4.13. The zero-order valence-corrected chi connectivity index (χ0v) is 10.4. The fraction of sp³-hybridized carbons (Fsp3) is 0.545. The van der Waals surface area contributed by atoms with Crippen molar-refractivity contribution in [1.82, 2.24) is 9.13 Å². The van der Waals surface area contributed by atoms with Gasteiger partial charge >= 0.3 is 5.69 Å². The van der Waals surface area contributed by atoms with E-state index in [0.29, 0.717) is 6.42 Å². The summed E-state index contributed by atoms with van der Waals surface area (Å²) >= 11 is 0. The predicted molar refractivity (Wildman–Crippen MR) is 64.9 cm³/mol. The SMILES string of the molecule is CCC(C)C(=N)c1c(O)n(C)c(=O)n(C)c1=O. The smallest absolute Gasteiger partial charge is 0.333 e. The minimum Gasteiger partial charge on any atom is -0.494 e. The molecule has 1 aromatic rings. The molecule has 0 aliphatic carbocycles. The molecule has 0 bridgehead atoms. The molecule has 6 heteroatoms. The molecule has 1 rings (SSSR count). The molecule has 1 aromatic heterocycles. The molecular weight excluding hydrogens is 222 g/mol. The molecule has 6 nitrogen and oxygen atoms in total. The Bertz CT molecular complexity index is 569. The van der Waals surface area contributed by atoms with Crippen molar-refractivity contribution in [3.63, 3.8) is 0 Å². The molecule has 1 unspecified atom stereocenters. The third-order valence-electron chi connectivity index (χ3n) is 3.01. The molecule has 94 valence electrons. The lowest BCUT2D eigenvalue weighted by molar-refractivity contribution is 0.409. The molecular formula is C11H17N3O3. The summed E-state index contributed by atoms with van der Waals surface area (Å²) in [4.78, 5) is 23.4. The Morgan fingerprint density at radius 3 is 2.35 bits per heavy atom. The first-order valence-corrected chi connectivity index (χ1v) is 5.40. The van der Waals surface area contributed by atoms with Crippen LogP contribution in [0.15, 0.2) is 9.59 Å². The number of nitrogens with zero attached hydrogens (tertiary/aromatic N) is 2. The number of aromatic hydroxyl groups is 1. The summed E-state index contributed by atoms with van der Waals surface area (Å²) in [7, 11) is 2.70. The molecule has 0 aromatic carbocycles. The first-order chi connectivity index (χ1) is 7.82. The Labute approximate surface area is 98.6 Å². The molecule has 2 N–H and O–H groups in total. The Hall–Kier alpha value is -1.85. The van der Waals surface area contributed by atoms with E-state index < -0.39 is 17.1 Å². The van der Waals surface area contributed by atoms with Crippen LogP contribution in [-0.2, 0) is 14.1 Å². The Balaban J connectivity index is 3.62. The molecule has 1 heterocycles. The third-order valence-corrected chi connectivity index (χ3v) is 3.01. The molecule has 0 amide bonds. The van der Waals surface area contributed by atoms with Crippen LogP contribution in [0.4, 0.5) is 0 Å². The highest BCUT2D eigenvalue weighted by atomic mass is 16.3. The van der Waals surface area contributed by atoms with Gasteiger partial charge in [0.15, 0.2) is 0 Å². The number of aromatic nitrogens is 2. The fourth-order valence-corrected chi connectivity index (χ4v) is 1.52. The van der Waals surface area contributed by atoms with E-state index in [1.54, 1.807) is 6.92 Å². The summed E-state index contributed by atoms with van der Waals surface area (Å²) in [6, 6.07) is 0. The van der Waals surface area contributed by atoms with Crippen molar-refractivity contribution >= 4 is 5.71 Å². The van der Waals surface area contributed by atoms with E-state index >= 15 is 0 Å². The van der Waals surface area contributed by atoms with Crippen LogP contribution in [0.25, 0.3) is 0 Å². The summed E-state index contributed by atoms with van der Waals surface area (Å²) in [5.74, 6) is -0.588. The van der Waals surface area contributed by atoms with Crippen molar-refractivity contribution in [2.75, 3.05) is 0 Å². The van der Waals surface area contributed by atoms with Gasteiger partial charge in [0.2, 0.25) is 5.88 Å². The van der Waals surface area contributed by atoms with Crippen LogP contribution < -0.4 is 11.2 Å². The lowest BCUT2D eigenvalue weighted by atomic mass is 9.97. The topological polar surface area (TPSA) is 88.1 Å². The molecule has 0 spiro atoms. The van der Waals surface area contributed by atoms with Gasteiger partial charge in [0.05, 0.1) is 5.71 Å². The largest absolute Gasteiger partial charge is 0.494 e. The molecule has 0 saturated heterocycles. The van der Waals surface area contributed by atoms with Gasteiger partial charge in [0.25, 0.3) is 5.56 Å². The average Bonchev–Trinajstić information content (AvgIpc) is 2.32. The van der Waals surface area contributed by atoms with Gasteiger partial charge in [0, 0.05) is 14.1 Å². The van der Waals surface area contributed by atoms with Gasteiger partial charge in [-0.1, -0.05) is 13.8 Å². The zero-order chi connectivity index (χ0) is 13.3. The number of rotatable bonds is 3. The van der Waals surface area contributed by atoms with E-state index in [2.05, 4.69) is 0 Å². The number of hydrogen-bond acceptors (Lipinski definition) is 4. The summed E-state index contributed by atoms with van der Waals surface area (Å²) in [6.45, 7) is 3.69. The van der Waals surface area contributed by atoms with Crippen molar-refractivity contribution in [2.24, 2.45) is 20.0 Å². The molecule has 1 atom stereocenters. The average molecular weight is 239 g/mol. The van der Waals surface area contributed by atoms with Crippen LogP contribution in [0, 0.1) is 11.3 Å². The van der Waals surface area contributed by atoms with Crippen molar-refractivity contribution in [1.29, 1.82) is 5.41 Å². The van der Waals surface area contributed by atoms with Gasteiger partial charge in [-0.15, -0.1) is 0 Å². The van der Waals surface area contributed by atoms with Crippen LogP contribution in [0.1, 0.15) is 25.8 Å². The lowest BCUT2D eigenvalue weighted by Crippen LogP contribution is -2.40. The van der Waals surface area contributed by atoms with Crippen molar-refractivity contribution in [3.8, 4) is 5.88 Å². The standard InChI is InChI=1S/C11H17N3O3/c1-5-6(2)8(12)7-9(15)13(3)11(17)14(4)10(7)16/h6,12,15H,5H2,1-4H3. The summed E-state index contributed by atoms with van der Waals surface area (Å²) in [5, 5.41) is 17.7. The summed E-state index contributed by atoms with van der Waals surface area (Å²) in [6.07, 6.45) is 0.685. The highest BCUT2D eigenvalue weighted by molar-refractivity contribution is 6.01. The second kappa shape index (κ2) is 4.57. The molecule has 0 fully saturated rings. The number of hydrogen-bond donors (Lipinski definition) is 2. The highest BCUT2D eigenvalue weighted by Crippen LogP contribution is 2.15. The lowest BCUT2D eigenvalue weighted by Gasteiger charge is -2.14. The Kier molecular flexibility index (Phi) is 3.55. The van der Waals surface area contributed by atoms with Crippen LogP contribution >= 0.6 is 0 Å². The van der Waals surface area contributed by atoms with E-state index in [1.807, 2.05) is 6.92 Å². The summed E-state index contributed by atoms with van der Waals surface area (Å²) < 4.78 is 1.86. The monoisotopic (exact) mass is 239 g/mol. The maximum atomic E-state index is 11.9. The summed E-state index contributed by atoms with van der Waals surface area (Å²) in [5.41, 5.74) is -1.27. The minimum atomic E-state index is -0.629. The predicted octanol–water partition coefficient (Wildman–Crippen LogP) is 0.204. The van der Waals surface area contributed by atoms with Gasteiger partial charge < -0.3 is 10.5 Å². The first kappa shape index (κ1) is 13.2. The highest BCUT2D eigenvalue weighted by Gasteiger charge is 2.21. The Morgan fingerprint density at radius 1 is 1.35 bits per heavy atom. The molecule has 0 radical (unpaired) electrons. The van der Waals surface area contributed by atoms with Crippen molar-refractivity contribution in [2.45, 2.75) is 20.3 Å². The van der Waals surface area contributed by atoms with E-state index in [9.17, 15) is 14.7 Å². The van der Waals surface area contributed by atoms with Crippen molar-refractivity contribution in [3.05, 3.63) is 26.4 Å².